The molecule has 0 aliphatic rings. The standard InChI is InChI=1S/C7H15NO2/c1-4-5-6-10-7(9)8(2)3/h4-6H2,1-3H3. The fourth-order valence-electron chi connectivity index (χ4n) is 0.433. The van der Waals surface area contributed by atoms with Gasteiger partial charge >= 0.3 is 6.09 Å². The second kappa shape index (κ2) is 5.09. The van der Waals surface area contributed by atoms with Crippen molar-refractivity contribution in [2.45, 2.75) is 19.8 Å². The minimum Gasteiger partial charge on any atom is -0.449 e. The molecule has 0 aromatic carbocycles. The molecule has 0 fully saturated rings. The lowest BCUT2D eigenvalue weighted by atomic mass is 10.4. The lowest BCUT2D eigenvalue weighted by Gasteiger charge is -2.09. The summed E-state index contributed by atoms with van der Waals surface area (Å²) in [5, 5.41) is 0. The molecule has 0 unspecified atom stereocenters. The number of hydrogen-bond donors (Lipinski definition) is 0. The third-order valence-electron chi connectivity index (χ3n) is 1.09. The summed E-state index contributed by atoms with van der Waals surface area (Å²) in [4.78, 5) is 12.1. The zero-order chi connectivity index (χ0) is 7.98. The quantitative estimate of drug-likeness (QED) is 0.563. The van der Waals surface area contributed by atoms with E-state index < -0.39 is 0 Å². The largest absolute Gasteiger partial charge is 0.449 e. The van der Waals surface area contributed by atoms with Crippen LogP contribution in [0.15, 0.2) is 0 Å². The molecule has 3 heteroatoms. The van der Waals surface area contributed by atoms with Crippen LogP contribution in [0.4, 0.5) is 4.79 Å². The molecule has 0 atom stereocenters. The predicted octanol–water partition coefficient (Wildman–Crippen LogP) is 1.48. The van der Waals surface area contributed by atoms with Crippen molar-refractivity contribution in [3.8, 4) is 0 Å². The van der Waals surface area contributed by atoms with Gasteiger partial charge in [0, 0.05) is 14.1 Å². The molecule has 0 saturated heterocycles. The number of rotatable bonds is 3. The predicted molar refractivity (Wildman–Crippen MR) is 39.9 cm³/mol. The van der Waals surface area contributed by atoms with Crippen molar-refractivity contribution < 1.29 is 9.53 Å². The first kappa shape index (κ1) is 9.27. The van der Waals surface area contributed by atoms with Crippen molar-refractivity contribution in [3.05, 3.63) is 0 Å². The van der Waals surface area contributed by atoms with Gasteiger partial charge in [0.1, 0.15) is 0 Å². The fourth-order valence-corrected chi connectivity index (χ4v) is 0.433. The van der Waals surface area contributed by atoms with Crippen molar-refractivity contribution in [2.24, 2.45) is 0 Å². The van der Waals surface area contributed by atoms with E-state index in [0.717, 1.165) is 12.8 Å². The number of carbonyl (C=O) groups is 1. The minimum absolute atomic E-state index is 0.256. The molecule has 3 nitrogen and oxygen atoms in total. The Labute approximate surface area is 62.0 Å². The maximum Gasteiger partial charge on any atom is 0.409 e. The Bertz CT molecular complexity index is 102. The van der Waals surface area contributed by atoms with E-state index in [-0.39, 0.29) is 6.09 Å². The Hall–Kier alpha value is -0.730. The van der Waals surface area contributed by atoms with Crippen LogP contribution in [0.5, 0.6) is 0 Å². The van der Waals surface area contributed by atoms with E-state index in [1.54, 1.807) is 14.1 Å². The summed E-state index contributed by atoms with van der Waals surface area (Å²) in [6.45, 7) is 2.59. The first-order chi connectivity index (χ1) is 4.68. The Kier molecular flexibility index (Phi) is 4.72. The highest BCUT2D eigenvalue weighted by molar-refractivity contribution is 5.66. The SMILES string of the molecule is CCCCOC(=O)N(C)C. The topological polar surface area (TPSA) is 29.5 Å². The van der Waals surface area contributed by atoms with Gasteiger partial charge in [0.05, 0.1) is 6.61 Å². The van der Waals surface area contributed by atoms with Gasteiger partial charge in [0.2, 0.25) is 0 Å². The van der Waals surface area contributed by atoms with Crippen LogP contribution in [-0.4, -0.2) is 31.7 Å². The van der Waals surface area contributed by atoms with Gasteiger partial charge in [-0.3, -0.25) is 0 Å². The lowest BCUT2D eigenvalue weighted by Crippen LogP contribution is -2.22. The van der Waals surface area contributed by atoms with E-state index in [1.807, 2.05) is 0 Å². The van der Waals surface area contributed by atoms with Crippen LogP contribution in [0.3, 0.4) is 0 Å². The van der Waals surface area contributed by atoms with E-state index in [1.165, 1.54) is 4.90 Å². The van der Waals surface area contributed by atoms with Crippen LogP contribution in [0.25, 0.3) is 0 Å². The third-order valence-corrected chi connectivity index (χ3v) is 1.09. The minimum atomic E-state index is -0.256. The van der Waals surface area contributed by atoms with E-state index in [2.05, 4.69) is 6.92 Å². The monoisotopic (exact) mass is 145 g/mol. The first-order valence-corrected chi connectivity index (χ1v) is 3.52. The lowest BCUT2D eigenvalue weighted by molar-refractivity contribution is 0.117. The van der Waals surface area contributed by atoms with Gasteiger partial charge in [0.25, 0.3) is 0 Å². The van der Waals surface area contributed by atoms with E-state index in [4.69, 9.17) is 4.74 Å². The molecule has 0 rings (SSSR count). The van der Waals surface area contributed by atoms with Crippen LogP contribution < -0.4 is 0 Å². The van der Waals surface area contributed by atoms with Crippen molar-refractivity contribution in [3.63, 3.8) is 0 Å². The van der Waals surface area contributed by atoms with Gasteiger partial charge in [-0.1, -0.05) is 13.3 Å². The van der Waals surface area contributed by atoms with Gasteiger partial charge in [0.15, 0.2) is 0 Å². The Balaban J connectivity index is 3.22. The van der Waals surface area contributed by atoms with E-state index in [0.29, 0.717) is 6.61 Å². The number of nitrogens with zero attached hydrogens (tertiary/aromatic N) is 1. The van der Waals surface area contributed by atoms with E-state index >= 15 is 0 Å². The average molecular weight is 145 g/mol. The van der Waals surface area contributed by atoms with Crippen molar-refractivity contribution in [1.29, 1.82) is 0 Å². The second-order valence-corrected chi connectivity index (χ2v) is 2.36. The molecule has 0 saturated carbocycles. The van der Waals surface area contributed by atoms with E-state index in [9.17, 15) is 4.79 Å². The molecule has 0 aliphatic heterocycles. The summed E-state index contributed by atoms with van der Waals surface area (Å²) in [6.07, 6.45) is 1.74. The summed E-state index contributed by atoms with van der Waals surface area (Å²) in [5.41, 5.74) is 0. The molecule has 0 spiro atoms. The van der Waals surface area contributed by atoms with Gasteiger partial charge in [-0.25, -0.2) is 4.79 Å². The molecule has 0 bridgehead atoms. The summed E-state index contributed by atoms with van der Waals surface area (Å²) < 4.78 is 4.83. The zero-order valence-electron chi connectivity index (χ0n) is 6.89. The van der Waals surface area contributed by atoms with Crippen LogP contribution in [0, 0.1) is 0 Å². The van der Waals surface area contributed by atoms with Gasteiger partial charge < -0.3 is 9.64 Å². The molecule has 0 aromatic heterocycles. The molecular formula is C7H15NO2. The molecule has 0 aromatic rings. The van der Waals surface area contributed by atoms with Crippen molar-refractivity contribution >= 4 is 6.09 Å². The number of carbonyl (C=O) groups excluding carboxylic acids is 1. The smallest absolute Gasteiger partial charge is 0.409 e. The number of ether oxygens (including phenoxy) is 1. The molecule has 60 valence electrons. The van der Waals surface area contributed by atoms with Gasteiger partial charge in [-0.2, -0.15) is 0 Å². The maximum absolute atomic E-state index is 10.7. The molecule has 1 amide bonds. The normalized spacial score (nSPS) is 9.10. The summed E-state index contributed by atoms with van der Waals surface area (Å²) >= 11 is 0. The summed E-state index contributed by atoms with van der Waals surface area (Å²) in [7, 11) is 3.35. The molecule has 10 heavy (non-hydrogen) atoms. The van der Waals surface area contributed by atoms with Crippen molar-refractivity contribution in [2.75, 3.05) is 20.7 Å². The highest BCUT2D eigenvalue weighted by atomic mass is 16.6. The number of unbranched alkanes of at least 4 members (excludes halogenated alkanes) is 1. The van der Waals surface area contributed by atoms with Gasteiger partial charge in [-0.05, 0) is 6.42 Å². The third kappa shape index (κ3) is 4.18. The van der Waals surface area contributed by atoms with Crippen LogP contribution in [0.2, 0.25) is 0 Å². The average Bonchev–Trinajstić information content (AvgIpc) is 1.88. The Morgan fingerprint density at radius 1 is 1.50 bits per heavy atom. The summed E-state index contributed by atoms with van der Waals surface area (Å²) in [6, 6.07) is 0. The molecule has 0 aliphatic carbocycles. The maximum atomic E-state index is 10.7. The van der Waals surface area contributed by atoms with Crippen LogP contribution in [0.1, 0.15) is 19.8 Å². The molecule has 0 heterocycles. The highest BCUT2D eigenvalue weighted by Gasteiger charge is 2.01. The van der Waals surface area contributed by atoms with Gasteiger partial charge in [-0.15, -0.1) is 0 Å². The Morgan fingerprint density at radius 3 is 2.50 bits per heavy atom. The molecule has 0 N–H and O–H groups in total. The summed E-state index contributed by atoms with van der Waals surface area (Å²) in [5.74, 6) is 0. The Morgan fingerprint density at radius 2 is 2.10 bits per heavy atom. The van der Waals surface area contributed by atoms with Crippen LogP contribution in [-0.2, 0) is 4.74 Å². The first-order valence-electron chi connectivity index (χ1n) is 3.52. The molecular weight excluding hydrogens is 130 g/mol. The zero-order valence-corrected chi connectivity index (χ0v) is 6.89. The van der Waals surface area contributed by atoms with Crippen LogP contribution >= 0.6 is 0 Å². The molecule has 0 radical (unpaired) electrons. The number of amides is 1. The highest BCUT2D eigenvalue weighted by Crippen LogP contribution is 1.90. The fraction of sp³-hybridized carbons (Fsp3) is 0.857. The number of hydrogen-bond acceptors (Lipinski definition) is 2. The van der Waals surface area contributed by atoms with Crippen molar-refractivity contribution in [1.82, 2.24) is 4.90 Å². The second-order valence-electron chi connectivity index (χ2n) is 2.36.